The van der Waals surface area contributed by atoms with Crippen molar-refractivity contribution in [1.82, 2.24) is 4.31 Å². The van der Waals surface area contributed by atoms with E-state index in [-0.39, 0.29) is 10.9 Å². The lowest BCUT2D eigenvalue weighted by Gasteiger charge is -2.27. The molecule has 0 aliphatic carbocycles. The molecule has 0 saturated carbocycles. The summed E-state index contributed by atoms with van der Waals surface area (Å²) < 4.78 is 32.9. The minimum Gasteiger partial charge on any atom is -0.495 e. The largest absolute Gasteiger partial charge is 0.495 e. The van der Waals surface area contributed by atoms with Crippen molar-refractivity contribution in [3.05, 3.63) is 23.8 Å². The number of ether oxygens (including phenoxy) is 1. The molecule has 2 rings (SSSR count). The zero-order valence-electron chi connectivity index (χ0n) is 12.9. The number of hydrogen-bond acceptors (Lipinski definition) is 4. The molecular weight excluding hydrogens is 288 g/mol. The fourth-order valence-corrected chi connectivity index (χ4v) is 4.94. The van der Waals surface area contributed by atoms with Crippen LogP contribution in [0.15, 0.2) is 23.1 Å². The van der Waals surface area contributed by atoms with Crippen LogP contribution < -0.4 is 10.5 Å². The highest BCUT2D eigenvalue weighted by atomic mass is 32.2. The Bertz CT molecular complexity index is 599. The number of nitrogens with two attached hydrogens (primary N) is 1. The Hall–Kier alpha value is -1.11. The minimum atomic E-state index is -3.56. The predicted molar refractivity (Wildman–Crippen MR) is 82.6 cm³/mol. The van der Waals surface area contributed by atoms with Crippen molar-refractivity contribution < 1.29 is 13.2 Å². The Morgan fingerprint density at radius 2 is 2.14 bits per heavy atom. The van der Waals surface area contributed by atoms with Crippen LogP contribution in [0, 0.1) is 5.92 Å². The van der Waals surface area contributed by atoms with Crippen molar-refractivity contribution in [3.63, 3.8) is 0 Å². The molecule has 1 aliphatic heterocycles. The summed E-state index contributed by atoms with van der Waals surface area (Å²) in [6.45, 7) is 5.00. The first-order valence-corrected chi connectivity index (χ1v) is 8.74. The monoisotopic (exact) mass is 312 g/mol. The molecule has 1 fully saturated rings. The molecule has 0 spiro atoms. The van der Waals surface area contributed by atoms with Gasteiger partial charge in [-0.05, 0) is 36.5 Å². The van der Waals surface area contributed by atoms with E-state index in [1.807, 2.05) is 0 Å². The lowest BCUT2D eigenvalue weighted by Crippen LogP contribution is -2.38. The van der Waals surface area contributed by atoms with E-state index in [0.29, 0.717) is 24.8 Å². The number of nitrogens with zero attached hydrogens (tertiary/aromatic N) is 1. The Morgan fingerprint density at radius 1 is 1.43 bits per heavy atom. The zero-order chi connectivity index (χ0) is 15.6. The molecular formula is C15H24N2O3S. The second-order valence-electron chi connectivity index (χ2n) is 5.76. The third-order valence-corrected chi connectivity index (χ3v) is 6.01. The smallest absolute Gasteiger partial charge is 0.247 e. The highest BCUT2D eigenvalue weighted by molar-refractivity contribution is 7.89. The molecule has 0 radical (unpaired) electrons. The quantitative estimate of drug-likeness (QED) is 0.902. The molecule has 6 heteroatoms. The average molecular weight is 312 g/mol. The van der Waals surface area contributed by atoms with Crippen LogP contribution in [0.2, 0.25) is 0 Å². The van der Waals surface area contributed by atoms with Gasteiger partial charge in [0, 0.05) is 19.1 Å². The normalized spacial score (nSPS) is 20.1. The van der Waals surface area contributed by atoms with E-state index in [1.165, 1.54) is 7.11 Å². The molecule has 1 aromatic carbocycles. The molecule has 0 aromatic heterocycles. The Balaban J connectivity index is 2.48. The molecule has 1 aliphatic rings. The van der Waals surface area contributed by atoms with Crippen LogP contribution in [0.3, 0.4) is 0 Å². The van der Waals surface area contributed by atoms with Gasteiger partial charge >= 0.3 is 0 Å². The topological polar surface area (TPSA) is 72.6 Å². The van der Waals surface area contributed by atoms with Crippen molar-refractivity contribution >= 4 is 10.0 Å². The van der Waals surface area contributed by atoms with Crippen molar-refractivity contribution in [1.29, 1.82) is 0 Å². The summed E-state index contributed by atoms with van der Waals surface area (Å²) in [7, 11) is -2.07. The van der Waals surface area contributed by atoms with Crippen LogP contribution in [0.4, 0.5) is 0 Å². The van der Waals surface area contributed by atoms with Gasteiger partial charge in [0.1, 0.15) is 10.6 Å². The highest BCUT2D eigenvalue weighted by Gasteiger charge is 2.38. The van der Waals surface area contributed by atoms with E-state index in [0.717, 1.165) is 18.4 Å². The van der Waals surface area contributed by atoms with Crippen LogP contribution in [0.5, 0.6) is 5.75 Å². The summed E-state index contributed by atoms with van der Waals surface area (Å²) in [6, 6.07) is 5.16. The Morgan fingerprint density at radius 3 is 2.71 bits per heavy atom. The van der Waals surface area contributed by atoms with Gasteiger partial charge in [-0.1, -0.05) is 19.9 Å². The maximum Gasteiger partial charge on any atom is 0.247 e. The van der Waals surface area contributed by atoms with Crippen LogP contribution in [-0.2, 0) is 16.6 Å². The van der Waals surface area contributed by atoms with Crippen LogP contribution in [0.1, 0.15) is 32.3 Å². The van der Waals surface area contributed by atoms with Crippen molar-refractivity contribution in [2.24, 2.45) is 11.7 Å². The summed E-state index contributed by atoms with van der Waals surface area (Å²) in [4.78, 5) is 0.223. The van der Waals surface area contributed by atoms with Gasteiger partial charge in [-0.2, -0.15) is 4.31 Å². The Labute approximate surface area is 127 Å². The van der Waals surface area contributed by atoms with Crippen molar-refractivity contribution in [2.75, 3.05) is 13.7 Å². The van der Waals surface area contributed by atoms with E-state index in [4.69, 9.17) is 10.5 Å². The van der Waals surface area contributed by atoms with Crippen LogP contribution in [-0.4, -0.2) is 32.4 Å². The van der Waals surface area contributed by atoms with Gasteiger partial charge in [0.25, 0.3) is 0 Å². The van der Waals surface area contributed by atoms with Gasteiger partial charge in [0.2, 0.25) is 10.0 Å². The fourth-order valence-electron chi connectivity index (χ4n) is 2.91. The first-order chi connectivity index (χ1) is 9.91. The van der Waals surface area contributed by atoms with E-state index < -0.39 is 10.0 Å². The minimum absolute atomic E-state index is 0.0567. The third kappa shape index (κ3) is 3.07. The predicted octanol–water partition coefficient (Wildman–Crippen LogP) is 1.96. The number of rotatable bonds is 5. The van der Waals surface area contributed by atoms with E-state index in [2.05, 4.69) is 13.8 Å². The standard InChI is InChI=1S/C15H24N2O3S/c1-11(2)13-5-4-8-17(13)21(18,19)15-9-12(10-16)6-7-14(15)20-3/h6-7,9,11,13H,4-5,8,10,16H2,1-3H3. The molecule has 0 amide bonds. The molecule has 1 heterocycles. The zero-order valence-corrected chi connectivity index (χ0v) is 13.7. The third-order valence-electron chi connectivity index (χ3n) is 4.07. The van der Waals surface area contributed by atoms with E-state index in [1.54, 1.807) is 22.5 Å². The lowest BCUT2D eigenvalue weighted by atomic mass is 10.0. The first-order valence-electron chi connectivity index (χ1n) is 7.30. The average Bonchev–Trinajstić information content (AvgIpc) is 2.97. The van der Waals surface area contributed by atoms with E-state index >= 15 is 0 Å². The first kappa shape index (κ1) is 16.3. The van der Waals surface area contributed by atoms with Gasteiger partial charge in [0.15, 0.2) is 0 Å². The van der Waals surface area contributed by atoms with Crippen molar-refractivity contribution in [3.8, 4) is 5.75 Å². The summed E-state index contributed by atoms with van der Waals surface area (Å²) in [5, 5.41) is 0. The molecule has 1 aromatic rings. The summed E-state index contributed by atoms with van der Waals surface area (Å²) in [6.07, 6.45) is 1.82. The maximum atomic E-state index is 13.0. The second kappa shape index (κ2) is 6.34. The van der Waals surface area contributed by atoms with Gasteiger partial charge < -0.3 is 10.5 Å². The van der Waals surface area contributed by atoms with Gasteiger partial charge in [-0.25, -0.2) is 8.42 Å². The highest BCUT2D eigenvalue weighted by Crippen LogP contribution is 2.34. The number of hydrogen-bond donors (Lipinski definition) is 1. The molecule has 2 N–H and O–H groups in total. The van der Waals surface area contributed by atoms with Gasteiger partial charge in [0.05, 0.1) is 7.11 Å². The molecule has 1 atom stereocenters. The molecule has 1 unspecified atom stereocenters. The van der Waals surface area contributed by atoms with E-state index in [9.17, 15) is 8.42 Å². The fraction of sp³-hybridized carbons (Fsp3) is 0.600. The SMILES string of the molecule is COc1ccc(CN)cc1S(=O)(=O)N1CCCC1C(C)C. The molecule has 1 saturated heterocycles. The van der Waals surface area contributed by atoms with Gasteiger partial charge in [-0.3, -0.25) is 0 Å². The maximum absolute atomic E-state index is 13.0. The number of benzene rings is 1. The molecule has 118 valence electrons. The number of methoxy groups -OCH3 is 1. The van der Waals surface area contributed by atoms with Crippen LogP contribution >= 0.6 is 0 Å². The molecule has 0 bridgehead atoms. The number of sulfonamides is 1. The molecule has 21 heavy (non-hydrogen) atoms. The van der Waals surface area contributed by atoms with Crippen LogP contribution in [0.25, 0.3) is 0 Å². The summed E-state index contributed by atoms with van der Waals surface area (Å²) >= 11 is 0. The summed E-state index contributed by atoms with van der Waals surface area (Å²) in [5.74, 6) is 0.674. The summed E-state index contributed by atoms with van der Waals surface area (Å²) in [5.41, 5.74) is 6.42. The second-order valence-corrected chi connectivity index (χ2v) is 7.62. The molecule has 5 nitrogen and oxygen atoms in total. The lowest BCUT2D eigenvalue weighted by molar-refractivity contribution is 0.313. The van der Waals surface area contributed by atoms with Gasteiger partial charge in [-0.15, -0.1) is 0 Å². The van der Waals surface area contributed by atoms with Crippen molar-refractivity contribution in [2.45, 2.75) is 44.2 Å². The Kier molecular flexibility index (Phi) is 4.91.